The van der Waals surface area contributed by atoms with Crippen LogP contribution < -0.4 is 0 Å². The van der Waals surface area contributed by atoms with Crippen molar-refractivity contribution in [3.05, 3.63) is 58.6 Å². The monoisotopic (exact) mass is 293 g/mol. The zero-order valence-electron chi connectivity index (χ0n) is 13.1. The van der Waals surface area contributed by atoms with Gasteiger partial charge in [-0.3, -0.25) is 4.40 Å². The number of nitroso groups, excluding NO2 is 1. The van der Waals surface area contributed by atoms with Crippen molar-refractivity contribution in [1.29, 1.82) is 0 Å². The lowest BCUT2D eigenvalue weighted by Crippen LogP contribution is -1.93. The molecule has 4 heteroatoms. The summed E-state index contributed by atoms with van der Waals surface area (Å²) in [5, 5.41) is 3.19. The Kier molecular flexibility index (Phi) is 3.75. The summed E-state index contributed by atoms with van der Waals surface area (Å²) in [4.78, 5) is 15.8. The van der Waals surface area contributed by atoms with E-state index in [0.29, 0.717) is 17.4 Å². The lowest BCUT2D eigenvalue weighted by atomic mass is 10.0. The lowest BCUT2D eigenvalue weighted by molar-refractivity contribution is 0.647. The van der Waals surface area contributed by atoms with Crippen LogP contribution in [-0.2, 0) is 6.42 Å². The summed E-state index contributed by atoms with van der Waals surface area (Å²) in [6, 6.07) is 12.1. The van der Waals surface area contributed by atoms with Gasteiger partial charge in [0.25, 0.3) is 0 Å². The molecule has 0 aliphatic rings. The molecule has 2 heterocycles. The molecule has 4 nitrogen and oxygen atoms in total. The van der Waals surface area contributed by atoms with Crippen LogP contribution >= 0.6 is 0 Å². The van der Waals surface area contributed by atoms with Crippen LogP contribution in [0.15, 0.2) is 47.8 Å². The number of fused-ring (bicyclic) bond motifs is 1. The fourth-order valence-electron chi connectivity index (χ4n) is 2.68. The molecule has 3 aromatic rings. The van der Waals surface area contributed by atoms with Crippen LogP contribution in [0.1, 0.15) is 25.0 Å². The van der Waals surface area contributed by atoms with E-state index in [1.165, 1.54) is 5.56 Å². The van der Waals surface area contributed by atoms with Crippen molar-refractivity contribution in [2.45, 2.75) is 27.2 Å². The number of pyridine rings is 1. The van der Waals surface area contributed by atoms with Crippen molar-refractivity contribution in [3.63, 3.8) is 0 Å². The van der Waals surface area contributed by atoms with E-state index in [-0.39, 0.29) is 0 Å². The molecule has 0 spiro atoms. The summed E-state index contributed by atoms with van der Waals surface area (Å²) in [6.07, 6.45) is 2.88. The Morgan fingerprint density at radius 2 is 1.91 bits per heavy atom. The van der Waals surface area contributed by atoms with Gasteiger partial charge in [0, 0.05) is 11.8 Å². The van der Waals surface area contributed by atoms with Gasteiger partial charge in [-0.25, -0.2) is 4.98 Å². The standard InChI is InChI=1S/C18H19N3O/c1-12(2)10-14-4-6-15(7-5-14)17-18(20-22)21-9-8-13(3)11-16(21)19-17/h4-9,11-12H,10H2,1-3H3. The molecule has 0 unspecified atom stereocenters. The first kappa shape index (κ1) is 14.4. The summed E-state index contributed by atoms with van der Waals surface area (Å²) in [6.45, 7) is 6.41. The maximum atomic E-state index is 11.3. The number of nitrogens with zero attached hydrogens (tertiary/aromatic N) is 3. The van der Waals surface area contributed by atoms with Crippen LogP contribution in [-0.4, -0.2) is 9.38 Å². The second-order valence-electron chi connectivity index (χ2n) is 6.10. The first-order valence-electron chi connectivity index (χ1n) is 7.50. The molecule has 0 saturated heterocycles. The quantitative estimate of drug-likeness (QED) is 0.642. The van der Waals surface area contributed by atoms with E-state index in [1.807, 2.05) is 37.4 Å². The van der Waals surface area contributed by atoms with Gasteiger partial charge in [0.1, 0.15) is 11.3 Å². The molecule has 0 radical (unpaired) electrons. The molecule has 0 aliphatic carbocycles. The van der Waals surface area contributed by atoms with E-state index in [9.17, 15) is 4.91 Å². The van der Waals surface area contributed by atoms with Gasteiger partial charge in [0.2, 0.25) is 5.82 Å². The van der Waals surface area contributed by atoms with Gasteiger partial charge in [-0.2, -0.15) is 0 Å². The molecule has 0 aliphatic heterocycles. The topological polar surface area (TPSA) is 46.7 Å². The minimum Gasteiger partial charge on any atom is -0.281 e. The summed E-state index contributed by atoms with van der Waals surface area (Å²) < 4.78 is 1.73. The van der Waals surface area contributed by atoms with Crippen LogP contribution in [0, 0.1) is 17.7 Å². The Hall–Kier alpha value is -2.49. The smallest absolute Gasteiger partial charge is 0.209 e. The summed E-state index contributed by atoms with van der Waals surface area (Å²) in [7, 11) is 0. The molecule has 0 saturated carbocycles. The fourth-order valence-corrected chi connectivity index (χ4v) is 2.68. The molecular weight excluding hydrogens is 274 g/mol. The van der Waals surface area contributed by atoms with Gasteiger partial charge in [0.15, 0.2) is 0 Å². The highest BCUT2D eigenvalue weighted by Gasteiger charge is 2.14. The van der Waals surface area contributed by atoms with Gasteiger partial charge in [-0.05, 0) is 47.7 Å². The second kappa shape index (κ2) is 5.72. The Balaban J connectivity index is 2.07. The number of hydrogen-bond donors (Lipinski definition) is 0. The molecule has 1 aromatic carbocycles. The van der Waals surface area contributed by atoms with Crippen LogP contribution in [0.2, 0.25) is 0 Å². The van der Waals surface area contributed by atoms with Gasteiger partial charge in [-0.1, -0.05) is 38.1 Å². The molecule has 22 heavy (non-hydrogen) atoms. The maximum Gasteiger partial charge on any atom is 0.209 e. The van der Waals surface area contributed by atoms with Gasteiger partial charge >= 0.3 is 0 Å². The first-order valence-corrected chi connectivity index (χ1v) is 7.50. The number of aromatic nitrogens is 2. The number of benzene rings is 1. The predicted molar refractivity (Wildman–Crippen MR) is 89.4 cm³/mol. The van der Waals surface area contributed by atoms with Crippen molar-refractivity contribution in [2.24, 2.45) is 11.1 Å². The molecule has 2 aromatic heterocycles. The first-order chi connectivity index (χ1) is 10.6. The molecule has 3 rings (SSSR count). The molecule has 0 bridgehead atoms. The molecule has 0 amide bonds. The highest BCUT2D eigenvalue weighted by atomic mass is 16.3. The van der Waals surface area contributed by atoms with Crippen molar-refractivity contribution in [1.82, 2.24) is 9.38 Å². The van der Waals surface area contributed by atoms with Gasteiger partial charge < -0.3 is 0 Å². The highest BCUT2D eigenvalue weighted by molar-refractivity contribution is 5.74. The van der Waals surface area contributed by atoms with E-state index in [4.69, 9.17) is 0 Å². The minimum atomic E-state index is 0.353. The Bertz CT molecular complexity index is 816. The van der Waals surface area contributed by atoms with Crippen LogP contribution in [0.5, 0.6) is 0 Å². The van der Waals surface area contributed by atoms with Crippen molar-refractivity contribution >= 4 is 11.5 Å². The summed E-state index contributed by atoms with van der Waals surface area (Å²) in [5.41, 5.74) is 4.70. The number of imidazole rings is 1. The van der Waals surface area contributed by atoms with E-state index in [1.54, 1.807) is 4.40 Å². The normalized spacial score (nSPS) is 11.3. The number of aryl methyl sites for hydroxylation is 1. The molecule has 112 valence electrons. The summed E-state index contributed by atoms with van der Waals surface area (Å²) >= 11 is 0. The highest BCUT2D eigenvalue weighted by Crippen LogP contribution is 2.31. The lowest BCUT2D eigenvalue weighted by Gasteiger charge is -2.05. The third-order valence-corrected chi connectivity index (χ3v) is 3.71. The molecular formula is C18H19N3O. The Labute approximate surface area is 129 Å². The third-order valence-electron chi connectivity index (χ3n) is 3.71. The average Bonchev–Trinajstić information content (AvgIpc) is 2.84. The Morgan fingerprint density at radius 1 is 1.18 bits per heavy atom. The minimum absolute atomic E-state index is 0.353. The van der Waals surface area contributed by atoms with E-state index < -0.39 is 0 Å². The molecule has 0 fully saturated rings. The SMILES string of the molecule is Cc1ccn2c(N=O)c(-c3ccc(CC(C)C)cc3)nc2c1. The van der Waals surface area contributed by atoms with E-state index in [0.717, 1.165) is 23.2 Å². The van der Waals surface area contributed by atoms with Crippen LogP contribution in [0.3, 0.4) is 0 Å². The van der Waals surface area contributed by atoms with Crippen LogP contribution in [0.4, 0.5) is 5.82 Å². The summed E-state index contributed by atoms with van der Waals surface area (Å²) in [5.74, 6) is 0.975. The Morgan fingerprint density at radius 3 is 2.55 bits per heavy atom. The van der Waals surface area contributed by atoms with Crippen molar-refractivity contribution in [3.8, 4) is 11.3 Å². The van der Waals surface area contributed by atoms with Gasteiger partial charge in [-0.15, -0.1) is 4.91 Å². The maximum absolute atomic E-state index is 11.3. The van der Waals surface area contributed by atoms with E-state index >= 15 is 0 Å². The zero-order valence-corrected chi connectivity index (χ0v) is 13.1. The zero-order chi connectivity index (χ0) is 15.7. The largest absolute Gasteiger partial charge is 0.281 e. The fraction of sp³-hybridized carbons (Fsp3) is 0.278. The predicted octanol–water partition coefficient (Wildman–Crippen LogP) is 4.91. The second-order valence-corrected chi connectivity index (χ2v) is 6.10. The van der Waals surface area contributed by atoms with Gasteiger partial charge in [0.05, 0.1) is 0 Å². The number of rotatable bonds is 4. The third kappa shape index (κ3) is 2.64. The number of hydrogen-bond acceptors (Lipinski definition) is 3. The van der Waals surface area contributed by atoms with Crippen LogP contribution in [0.25, 0.3) is 16.9 Å². The van der Waals surface area contributed by atoms with Crippen molar-refractivity contribution < 1.29 is 0 Å². The molecule has 0 N–H and O–H groups in total. The van der Waals surface area contributed by atoms with Crippen molar-refractivity contribution in [2.75, 3.05) is 0 Å². The molecule has 0 atom stereocenters. The average molecular weight is 293 g/mol. The van der Waals surface area contributed by atoms with E-state index in [2.05, 4.69) is 36.1 Å².